The minimum absolute atomic E-state index is 0.882. The Balaban J connectivity index is 1.65. The van der Waals surface area contributed by atoms with E-state index >= 15 is 0 Å². The highest BCUT2D eigenvalue weighted by molar-refractivity contribution is 4.72. The standard InChI is InChI=1S/C10H21NO/c1-2-6-11-7-9-12-8-5-10-3-4-10/h10-11H,2-9H2,1H3. The molecule has 2 nitrogen and oxygen atoms in total. The number of hydrogen-bond donors (Lipinski definition) is 1. The maximum Gasteiger partial charge on any atom is 0.0590 e. The van der Waals surface area contributed by atoms with Crippen LogP contribution in [0.4, 0.5) is 0 Å². The zero-order valence-electron chi connectivity index (χ0n) is 8.14. The van der Waals surface area contributed by atoms with Gasteiger partial charge >= 0.3 is 0 Å². The van der Waals surface area contributed by atoms with Crippen molar-refractivity contribution in [1.29, 1.82) is 0 Å². The van der Waals surface area contributed by atoms with Gasteiger partial charge in [-0.05, 0) is 25.3 Å². The molecule has 72 valence electrons. The van der Waals surface area contributed by atoms with Crippen LogP contribution in [-0.4, -0.2) is 26.3 Å². The van der Waals surface area contributed by atoms with Crippen molar-refractivity contribution >= 4 is 0 Å². The smallest absolute Gasteiger partial charge is 0.0590 e. The molecule has 0 unspecified atom stereocenters. The zero-order chi connectivity index (χ0) is 8.65. The summed E-state index contributed by atoms with van der Waals surface area (Å²) in [6.45, 7) is 6.16. The molecule has 0 aromatic heterocycles. The first kappa shape index (κ1) is 10.0. The first-order valence-corrected chi connectivity index (χ1v) is 5.22. The Kier molecular flexibility index (Phi) is 5.37. The van der Waals surface area contributed by atoms with Crippen LogP contribution in [-0.2, 0) is 4.74 Å². The molecular formula is C10H21NO. The second kappa shape index (κ2) is 6.44. The summed E-state index contributed by atoms with van der Waals surface area (Å²) in [5, 5.41) is 3.31. The lowest BCUT2D eigenvalue weighted by molar-refractivity contribution is 0.130. The lowest BCUT2D eigenvalue weighted by Gasteiger charge is -2.04. The van der Waals surface area contributed by atoms with E-state index in [2.05, 4.69) is 12.2 Å². The summed E-state index contributed by atoms with van der Waals surface area (Å²) in [4.78, 5) is 0. The average molecular weight is 171 g/mol. The van der Waals surface area contributed by atoms with Crippen LogP contribution in [0.15, 0.2) is 0 Å². The van der Waals surface area contributed by atoms with Crippen LogP contribution in [0.3, 0.4) is 0 Å². The summed E-state index contributed by atoms with van der Waals surface area (Å²) in [5.74, 6) is 1.01. The lowest BCUT2D eigenvalue weighted by atomic mass is 10.3. The fourth-order valence-electron chi connectivity index (χ4n) is 1.20. The van der Waals surface area contributed by atoms with Crippen LogP contribution in [0.2, 0.25) is 0 Å². The molecule has 1 N–H and O–H groups in total. The monoisotopic (exact) mass is 171 g/mol. The molecule has 1 aliphatic carbocycles. The predicted molar refractivity (Wildman–Crippen MR) is 51.3 cm³/mol. The summed E-state index contributed by atoms with van der Waals surface area (Å²) in [7, 11) is 0. The Morgan fingerprint density at radius 2 is 2.08 bits per heavy atom. The van der Waals surface area contributed by atoms with E-state index in [9.17, 15) is 0 Å². The van der Waals surface area contributed by atoms with Gasteiger partial charge in [-0.1, -0.05) is 19.8 Å². The minimum atomic E-state index is 0.882. The molecule has 0 heterocycles. The molecule has 0 aromatic carbocycles. The Labute approximate surface area is 75.7 Å². The fourth-order valence-corrected chi connectivity index (χ4v) is 1.20. The van der Waals surface area contributed by atoms with Gasteiger partial charge in [-0.3, -0.25) is 0 Å². The molecule has 0 amide bonds. The minimum Gasteiger partial charge on any atom is -0.380 e. The highest BCUT2D eigenvalue weighted by atomic mass is 16.5. The van der Waals surface area contributed by atoms with Crippen molar-refractivity contribution in [3.63, 3.8) is 0 Å². The molecule has 1 saturated carbocycles. The van der Waals surface area contributed by atoms with E-state index in [0.717, 1.165) is 32.2 Å². The van der Waals surface area contributed by atoms with Crippen molar-refractivity contribution in [3.8, 4) is 0 Å². The molecule has 0 aliphatic heterocycles. The van der Waals surface area contributed by atoms with Crippen LogP contribution < -0.4 is 5.32 Å². The first-order valence-electron chi connectivity index (χ1n) is 5.22. The molecular weight excluding hydrogens is 150 g/mol. The van der Waals surface area contributed by atoms with E-state index in [1.54, 1.807) is 0 Å². The van der Waals surface area contributed by atoms with Gasteiger partial charge in [0.15, 0.2) is 0 Å². The van der Waals surface area contributed by atoms with Crippen LogP contribution in [0.1, 0.15) is 32.6 Å². The Bertz CT molecular complexity index is 102. The summed E-state index contributed by atoms with van der Waals surface area (Å²) >= 11 is 0. The SMILES string of the molecule is CCCNCCOCCC1CC1. The first-order chi connectivity index (χ1) is 5.93. The van der Waals surface area contributed by atoms with E-state index < -0.39 is 0 Å². The maximum atomic E-state index is 5.47. The van der Waals surface area contributed by atoms with Crippen molar-refractivity contribution in [2.75, 3.05) is 26.3 Å². The molecule has 1 rings (SSSR count). The zero-order valence-corrected chi connectivity index (χ0v) is 8.14. The van der Waals surface area contributed by atoms with Crippen molar-refractivity contribution < 1.29 is 4.74 Å². The van der Waals surface area contributed by atoms with Crippen LogP contribution in [0.5, 0.6) is 0 Å². The second-order valence-electron chi connectivity index (χ2n) is 3.59. The van der Waals surface area contributed by atoms with E-state index in [1.807, 2.05) is 0 Å². The summed E-state index contributed by atoms with van der Waals surface area (Å²) < 4.78 is 5.47. The molecule has 0 atom stereocenters. The Hall–Kier alpha value is -0.0800. The van der Waals surface area contributed by atoms with Crippen LogP contribution in [0, 0.1) is 5.92 Å². The van der Waals surface area contributed by atoms with E-state index in [1.165, 1.54) is 25.7 Å². The van der Waals surface area contributed by atoms with E-state index in [4.69, 9.17) is 4.74 Å². The van der Waals surface area contributed by atoms with Gasteiger partial charge in [0, 0.05) is 13.2 Å². The van der Waals surface area contributed by atoms with Crippen molar-refractivity contribution in [1.82, 2.24) is 5.32 Å². The quantitative estimate of drug-likeness (QED) is 0.562. The number of ether oxygens (including phenoxy) is 1. The maximum absolute atomic E-state index is 5.47. The number of rotatable bonds is 8. The molecule has 0 bridgehead atoms. The van der Waals surface area contributed by atoms with Crippen molar-refractivity contribution in [2.45, 2.75) is 32.6 Å². The van der Waals surface area contributed by atoms with Gasteiger partial charge in [-0.15, -0.1) is 0 Å². The molecule has 1 aliphatic rings. The van der Waals surface area contributed by atoms with E-state index in [-0.39, 0.29) is 0 Å². The largest absolute Gasteiger partial charge is 0.380 e. The van der Waals surface area contributed by atoms with Crippen molar-refractivity contribution in [3.05, 3.63) is 0 Å². The summed E-state index contributed by atoms with van der Waals surface area (Å²) in [6.07, 6.45) is 5.38. The topological polar surface area (TPSA) is 21.3 Å². The molecule has 0 aromatic rings. The highest BCUT2D eigenvalue weighted by Gasteiger charge is 2.20. The van der Waals surface area contributed by atoms with Gasteiger partial charge in [-0.25, -0.2) is 0 Å². The van der Waals surface area contributed by atoms with Gasteiger partial charge in [0.2, 0.25) is 0 Å². The molecule has 1 fully saturated rings. The normalized spacial score (nSPS) is 16.8. The third-order valence-corrected chi connectivity index (χ3v) is 2.22. The summed E-state index contributed by atoms with van der Waals surface area (Å²) in [5.41, 5.74) is 0. The summed E-state index contributed by atoms with van der Waals surface area (Å²) in [6, 6.07) is 0. The number of nitrogens with one attached hydrogen (secondary N) is 1. The average Bonchev–Trinajstić information content (AvgIpc) is 2.87. The highest BCUT2D eigenvalue weighted by Crippen LogP contribution is 2.31. The van der Waals surface area contributed by atoms with Crippen LogP contribution in [0.25, 0.3) is 0 Å². The molecule has 2 heteroatoms. The van der Waals surface area contributed by atoms with Gasteiger partial charge in [0.25, 0.3) is 0 Å². The van der Waals surface area contributed by atoms with Crippen molar-refractivity contribution in [2.24, 2.45) is 5.92 Å². The van der Waals surface area contributed by atoms with E-state index in [0.29, 0.717) is 0 Å². The fraction of sp³-hybridized carbons (Fsp3) is 1.00. The van der Waals surface area contributed by atoms with Crippen LogP contribution >= 0.6 is 0 Å². The molecule has 0 radical (unpaired) electrons. The third kappa shape index (κ3) is 5.56. The number of hydrogen-bond acceptors (Lipinski definition) is 2. The molecule has 12 heavy (non-hydrogen) atoms. The van der Waals surface area contributed by atoms with Gasteiger partial charge in [0.1, 0.15) is 0 Å². The molecule has 0 spiro atoms. The molecule has 0 saturated heterocycles. The van der Waals surface area contributed by atoms with Gasteiger partial charge in [-0.2, -0.15) is 0 Å². The third-order valence-electron chi connectivity index (χ3n) is 2.22. The second-order valence-corrected chi connectivity index (χ2v) is 3.59. The van der Waals surface area contributed by atoms with Gasteiger partial charge in [0.05, 0.1) is 6.61 Å². The van der Waals surface area contributed by atoms with Gasteiger partial charge < -0.3 is 10.1 Å². The Morgan fingerprint density at radius 3 is 2.75 bits per heavy atom. The predicted octanol–water partition coefficient (Wildman–Crippen LogP) is 1.80. The Morgan fingerprint density at radius 1 is 1.25 bits per heavy atom. The lowest BCUT2D eigenvalue weighted by Crippen LogP contribution is -2.20.